The van der Waals surface area contributed by atoms with Gasteiger partial charge in [0.2, 0.25) is 5.82 Å². The first kappa shape index (κ1) is 16.6. The number of aromatic nitrogens is 3. The van der Waals surface area contributed by atoms with E-state index in [2.05, 4.69) is 27.3 Å². The van der Waals surface area contributed by atoms with E-state index in [1.165, 1.54) is 10.5 Å². The van der Waals surface area contributed by atoms with Crippen molar-refractivity contribution in [3.63, 3.8) is 0 Å². The van der Waals surface area contributed by atoms with Gasteiger partial charge in [0.1, 0.15) is 0 Å². The van der Waals surface area contributed by atoms with Crippen LogP contribution in [0.3, 0.4) is 0 Å². The molecule has 0 bridgehead atoms. The normalized spacial score (nSPS) is 27.9. The number of nitrogens with one attached hydrogen (secondary N) is 2. The highest BCUT2D eigenvalue weighted by molar-refractivity contribution is 5.91. The zero-order valence-corrected chi connectivity index (χ0v) is 14.1. The van der Waals surface area contributed by atoms with E-state index in [9.17, 15) is 19.5 Å². The number of aromatic amines is 2. The number of hydrogen-bond acceptors (Lipinski definition) is 4. The van der Waals surface area contributed by atoms with Gasteiger partial charge in [0.15, 0.2) is 0 Å². The van der Waals surface area contributed by atoms with Crippen LogP contribution in [0, 0.1) is 11.3 Å². The Labute approximate surface area is 149 Å². The highest BCUT2D eigenvalue weighted by Gasteiger charge is 2.56. The van der Waals surface area contributed by atoms with Crippen LogP contribution in [0.25, 0.3) is 0 Å². The Morgan fingerprint density at radius 3 is 2.69 bits per heavy atom. The van der Waals surface area contributed by atoms with Crippen LogP contribution in [0.4, 0.5) is 0 Å². The molecule has 136 valence electrons. The average molecular weight is 356 g/mol. The summed E-state index contributed by atoms with van der Waals surface area (Å²) in [6.45, 7) is 0.519. The molecule has 1 saturated heterocycles. The summed E-state index contributed by atoms with van der Waals surface area (Å²) >= 11 is 0. The molecule has 2 aromatic rings. The molecule has 0 radical (unpaired) electrons. The molecule has 2 fully saturated rings. The molecule has 26 heavy (non-hydrogen) atoms. The van der Waals surface area contributed by atoms with Crippen LogP contribution in [0.2, 0.25) is 0 Å². The summed E-state index contributed by atoms with van der Waals surface area (Å²) in [6, 6.07) is 10.1. The van der Waals surface area contributed by atoms with Gasteiger partial charge >= 0.3 is 11.7 Å². The summed E-state index contributed by atoms with van der Waals surface area (Å²) < 4.78 is 0. The smallest absolute Gasteiger partial charge is 0.341 e. The largest absolute Gasteiger partial charge is 0.481 e. The third kappa shape index (κ3) is 2.61. The number of carbonyl (C=O) groups excluding carboxylic acids is 1. The molecule has 1 aliphatic carbocycles. The maximum Gasteiger partial charge on any atom is 0.341 e. The molecule has 3 atom stereocenters. The number of aliphatic carboxylic acids is 1. The molecular weight excluding hydrogens is 336 g/mol. The molecule has 1 amide bonds. The number of rotatable bonds is 3. The molecule has 2 aliphatic rings. The predicted octanol–water partition coefficient (Wildman–Crippen LogP) is 1.21. The van der Waals surface area contributed by atoms with Crippen molar-refractivity contribution in [2.24, 2.45) is 11.3 Å². The third-order valence-corrected chi connectivity index (χ3v) is 5.89. The third-order valence-electron chi connectivity index (χ3n) is 5.89. The molecular formula is C18H20N4O4. The second kappa shape index (κ2) is 6.12. The zero-order valence-electron chi connectivity index (χ0n) is 14.1. The molecule has 1 aromatic carbocycles. The first-order valence-electron chi connectivity index (χ1n) is 8.72. The van der Waals surface area contributed by atoms with Crippen molar-refractivity contribution in [3.05, 3.63) is 52.2 Å². The highest BCUT2D eigenvalue weighted by Crippen LogP contribution is 2.51. The van der Waals surface area contributed by atoms with E-state index >= 15 is 0 Å². The van der Waals surface area contributed by atoms with Crippen LogP contribution in [0.5, 0.6) is 0 Å². The van der Waals surface area contributed by atoms with E-state index in [4.69, 9.17) is 0 Å². The highest BCUT2D eigenvalue weighted by atomic mass is 16.4. The molecule has 4 rings (SSSR count). The van der Waals surface area contributed by atoms with Gasteiger partial charge in [-0.1, -0.05) is 30.3 Å². The van der Waals surface area contributed by atoms with Gasteiger partial charge in [-0.05, 0) is 36.7 Å². The predicted molar refractivity (Wildman–Crippen MR) is 91.7 cm³/mol. The molecule has 0 unspecified atom stereocenters. The van der Waals surface area contributed by atoms with Gasteiger partial charge in [0, 0.05) is 13.1 Å². The van der Waals surface area contributed by atoms with Crippen LogP contribution in [-0.4, -0.2) is 50.2 Å². The fourth-order valence-electron chi connectivity index (χ4n) is 4.50. The van der Waals surface area contributed by atoms with Crippen LogP contribution in [0.15, 0.2) is 35.1 Å². The number of H-pyrrole nitrogens is 2. The van der Waals surface area contributed by atoms with Gasteiger partial charge in [-0.3, -0.25) is 14.6 Å². The summed E-state index contributed by atoms with van der Waals surface area (Å²) in [5, 5.41) is 15.8. The Morgan fingerprint density at radius 2 is 2.04 bits per heavy atom. The first-order valence-corrected chi connectivity index (χ1v) is 8.72. The van der Waals surface area contributed by atoms with E-state index in [1.54, 1.807) is 0 Å². The lowest BCUT2D eigenvalue weighted by atomic mass is 9.64. The average Bonchev–Trinajstić information content (AvgIpc) is 3.25. The molecule has 3 N–H and O–H groups in total. The van der Waals surface area contributed by atoms with Crippen molar-refractivity contribution in [2.45, 2.75) is 25.2 Å². The number of likely N-dealkylation sites (tertiary alicyclic amines) is 1. The standard InChI is InChI=1S/C18H20N4O4/c23-15(14-19-17(26)21-20-14)22-9-13-8-12(11-4-2-1-3-5-11)6-7-18(13,10-22)16(24)25/h1-5,12-13H,6-10H2,(H,24,25)(H2,19,20,21,26)/t12-,13-,18-/m0/s1. The van der Waals surface area contributed by atoms with Gasteiger partial charge in [-0.2, -0.15) is 0 Å². The van der Waals surface area contributed by atoms with E-state index in [0.717, 1.165) is 12.8 Å². The van der Waals surface area contributed by atoms with Crippen molar-refractivity contribution < 1.29 is 14.7 Å². The monoisotopic (exact) mass is 356 g/mol. The van der Waals surface area contributed by atoms with Gasteiger partial charge in [0.25, 0.3) is 5.91 Å². The van der Waals surface area contributed by atoms with Crippen molar-refractivity contribution in [1.29, 1.82) is 0 Å². The number of fused-ring (bicyclic) bond motifs is 1. The molecule has 1 aromatic heterocycles. The summed E-state index contributed by atoms with van der Waals surface area (Å²) in [4.78, 5) is 39.7. The minimum Gasteiger partial charge on any atom is -0.481 e. The van der Waals surface area contributed by atoms with Gasteiger partial charge in [0.05, 0.1) is 5.41 Å². The molecule has 0 spiro atoms. The first-order chi connectivity index (χ1) is 12.5. The number of hydrogen-bond donors (Lipinski definition) is 3. The van der Waals surface area contributed by atoms with Crippen molar-refractivity contribution in [1.82, 2.24) is 20.1 Å². The Morgan fingerprint density at radius 1 is 1.27 bits per heavy atom. The summed E-state index contributed by atoms with van der Waals surface area (Å²) in [7, 11) is 0. The molecule has 8 nitrogen and oxygen atoms in total. The van der Waals surface area contributed by atoms with Crippen LogP contribution < -0.4 is 5.69 Å². The fraction of sp³-hybridized carbons (Fsp3) is 0.444. The van der Waals surface area contributed by atoms with Crippen LogP contribution >= 0.6 is 0 Å². The van der Waals surface area contributed by atoms with E-state index in [-0.39, 0.29) is 18.3 Å². The lowest BCUT2D eigenvalue weighted by Gasteiger charge is -2.38. The number of carboxylic acids is 1. The van der Waals surface area contributed by atoms with E-state index < -0.39 is 23.0 Å². The minimum atomic E-state index is -0.919. The Bertz CT molecular complexity index is 890. The quantitative estimate of drug-likeness (QED) is 0.764. The fourth-order valence-corrected chi connectivity index (χ4v) is 4.50. The van der Waals surface area contributed by atoms with Crippen LogP contribution in [-0.2, 0) is 4.79 Å². The van der Waals surface area contributed by atoms with E-state index in [0.29, 0.717) is 18.9 Å². The topological polar surface area (TPSA) is 119 Å². The lowest BCUT2D eigenvalue weighted by molar-refractivity contribution is -0.152. The number of carbonyl (C=O) groups is 2. The zero-order chi connectivity index (χ0) is 18.3. The number of carboxylic acid groups (broad SMARTS) is 1. The number of amides is 1. The molecule has 1 aliphatic heterocycles. The molecule has 2 heterocycles. The van der Waals surface area contributed by atoms with Crippen LogP contribution in [0.1, 0.15) is 41.4 Å². The molecule has 8 heteroatoms. The van der Waals surface area contributed by atoms with E-state index in [1.807, 2.05) is 18.2 Å². The summed E-state index contributed by atoms with van der Waals surface area (Å²) in [5.74, 6) is -1.18. The Hall–Kier alpha value is -2.90. The van der Waals surface area contributed by atoms with Gasteiger partial charge in [-0.25, -0.2) is 9.89 Å². The van der Waals surface area contributed by atoms with Crippen molar-refractivity contribution >= 4 is 11.9 Å². The summed E-state index contributed by atoms with van der Waals surface area (Å²) in [5.41, 5.74) is -0.257. The van der Waals surface area contributed by atoms with Crippen molar-refractivity contribution in [3.8, 4) is 0 Å². The summed E-state index contributed by atoms with van der Waals surface area (Å²) in [6.07, 6.45) is 2.05. The Kier molecular flexibility index (Phi) is 3.90. The second-order valence-electron chi connectivity index (χ2n) is 7.25. The Balaban J connectivity index is 1.58. The second-order valence-corrected chi connectivity index (χ2v) is 7.25. The number of nitrogens with zero attached hydrogens (tertiary/aromatic N) is 2. The minimum absolute atomic E-state index is 0.0752. The van der Waals surface area contributed by atoms with Gasteiger partial charge < -0.3 is 10.0 Å². The van der Waals surface area contributed by atoms with Gasteiger partial charge in [-0.15, -0.1) is 5.10 Å². The SMILES string of the molecule is O=C(c1n[nH]c(=O)[nH]1)N1C[C@@H]2C[C@@H](c3ccccc3)CC[C@]2(C(=O)O)C1. The maximum atomic E-state index is 12.6. The number of benzene rings is 1. The molecule has 1 saturated carbocycles. The lowest BCUT2D eigenvalue weighted by Crippen LogP contribution is -2.43. The van der Waals surface area contributed by atoms with Crippen molar-refractivity contribution in [2.75, 3.05) is 13.1 Å². The maximum absolute atomic E-state index is 12.6.